The second-order valence-corrected chi connectivity index (χ2v) is 6.47. The van der Waals surface area contributed by atoms with Gasteiger partial charge in [-0.3, -0.25) is 4.68 Å². The fourth-order valence-electron chi connectivity index (χ4n) is 2.59. The van der Waals surface area contributed by atoms with Crippen LogP contribution in [0.2, 0.25) is 5.02 Å². The molecule has 0 aliphatic rings. The number of aromatic nitrogens is 2. The number of benzene rings is 1. The van der Waals surface area contributed by atoms with Crippen molar-refractivity contribution in [2.45, 2.75) is 32.7 Å². The molecule has 1 unspecified atom stereocenters. The van der Waals surface area contributed by atoms with Crippen LogP contribution in [0.1, 0.15) is 29.8 Å². The van der Waals surface area contributed by atoms with Crippen LogP contribution >= 0.6 is 27.5 Å². The summed E-state index contributed by atoms with van der Waals surface area (Å²) in [6.07, 6.45) is 0.885. The maximum atomic E-state index is 6.44. The average molecular weight is 371 g/mol. The first-order chi connectivity index (χ1) is 10.1. The van der Waals surface area contributed by atoms with E-state index in [4.69, 9.17) is 11.6 Å². The van der Waals surface area contributed by atoms with Gasteiger partial charge >= 0.3 is 0 Å². The summed E-state index contributed by atoms with van der Waals surface area (Å²) in [7, 11) is 1.98. The summed E-state index contributed by atoms with van der Waals surface area (Å²) in [5.41, 5.74) is 3.34. The minimum absolute atomic E-state index is 0.377. The Morgan fingerprint density at radius 2 is 2.00 bits per heavy atom. The van der Waals surface area contributed by atoms with Gasteiger partial charge in [0.25, 0.3) is 0 Å². The van der Waals surface area contributed by atoms with Crippen molar-refractivity contribution in [2.75, 3.05) is 13.6 Å². The van der Waals surface area contributed by atoms with Gasteiger partial charge in [-0.2, -0.15) is 5.10 Å². The third-order valence-corrected chi connectivity index (χ3v) is 4.70. The molecule has 0 spiro atoms. The zero-order valence-corrected chi connectivity index (χ0v) is 15.0. The second-order valence-electron chi connectivity index (χ2n) is 5.17. The van der Waals surface area contributed by atoms with Crippen LogP contribution in [0.3, 0.4) is 0 Å². The van der Waals surface area contributed by atoms with Gasteiger partial charge in [0.1, 0.15) is 0 Å². The van der Waals surface area contributed by atoms with Crippen LogP contribution in [0.4, 0.5) is 0 Å². The maximum Gasteiger partial charge on any atom is 0.0847 e. The molecule has 5 heteroatoms. The summed E-state index contributed by atoms with van der Waals surface area (Å²) in [6.45, 7) is 5.81. The lowest BCUT2D eigenvalue weighted by Gasteiger charge is -2.18. The lowest BCUT2D eigenvalue weighted by molar-refractivity contribution is 0.563. The van der Waals surface area contributed by atoms with Gasteiger partial charge in [-0.25, -0.2) is 0 Å². The number of halogens is 2. The van der Waals surface area contributed by atoms with Gasteiger partial charge in [0.05, 0.1) is 16.4 Å². The summed E-state index contributed by atoms with van der Waals surface area (Å²) in [6, 6.07) is 8.50. The minimum atomic E-state index is 0.377. The van der Waals surface area contributed by atoms with Crippen LogP contribution in [-0.2, 0) is 13.0 Å². The van der Waals surface area contributed by atoms with E-state index < -0.39 is 0 Å². The molecule has 3 nitrogen and oxygen atoms in total. The van der Waals surface area contributed by atoms with Crippen LogP contribution in [0.5, 0.6) is 0 Å². The second kappa shape index (κ2) is 7.43. The summed E-state index contributed by atoms with van der Waals surface area (Å²) in [5, 5.41) is 8.59. The lowest BCUT2D eigenvalue weighted by Crippen LogP contribution is -2.20. The normalized spacial score (nSPS) is 12.6. The van der Waals surface area contributed by atoms with Crippen LogP contribution < -0.4 is 5.32 Å². The van der Waals surface area contributed by atoms with Crippen LogP contribution in [0.25, 0.3) is 0 Å². The number of likely N-dealkylation sites (N-methyl/N-ethyl adjacent to an activating group) is 1. The van der Waals surface area contributed by atoms with Crippen molar-refractivity contribution in [3.05, 3.63) is 50.7 Å². The smallest absolute Gasteiger partial charge is 0.0847 e. The molecule has 21 heavy (non-hydrogen) atoms. The van der Waals surface area contributed by atoms with E-state index >= 15 is 0 Å². The molecule has 0 amide bonds. The molecule has 1 atom stereocenters. The standard InChI is InChI=1S/C16H21BrClN3/c1-4-21-15(16(18)11(2)20-21)9-13(10-19-3)12-5-7-14(17)8-6-12/h5-8,13,19H,4,9-10H2,1-3H3. The predicted molar refractivity (Wildman–Crippen MR) is 92.2 cm³/mol. The highest BCUT2D eigenvalue weighted by Gasteiger charge is 2.19. The predicted octanol–water partition coefficient (Wildman–Crippen LogP) is 4.17. The third kappa shape index (κ3) is 3.87. The largest absolute Gasteiger partial charge is 0.319 e. The van der Waals surface area contributed by atoms with E-state index in [0.29, 0.717) is 5.92 Å². The van der Waals surface area contributed by atoms with E-state index in [1.807, 2.05) is 18.7 Å². The molecule has 1 aromatic heterocycles. The Morgan fingerprint density at radius 3 is 2.57 bits per heavy atom. The van der Waals surface area contributed by atoms with Crippen molar-refractivity contribution in [3.63, 3.8) is 0 Å². The first kappa shape index (κ1) is 16.5. The molecule has 0 radical (unpaired) electrons. The Kier molecular flexibility index (Phi) is 5.85. The average Bonchev–Trinajstić information content (AvgIpc) is 2.75. The Balaban J connectivity index is 2.30. The highest BCUT2D eigenvalue weighted by molar-refractivity contribution is 9.10. The summed E-state index contributed by atoms with van der Waals surface area (Å²) >= 11 is 9.93. The highest BCUT2D eigenvalue weighted by Crippen LogP contribution is 2.28. The molecular weight excluding hydrogens is 350 g/mol. The quantitative estimate of drug-likeness (QED) is 0.827. The van der Waals surface area contributed by atoms with Crippen molar-refractivity contribution in [1.82, 2.24) is 15.1 Å². The SMILES string of the molecule is CCn1nc(C)c(Cl)c1CC(CNC)c1ccc(Br)cc1. The van der Waals surface area contributed by atoms with E-state index in [9.17, 15) is 0 Å². The van der Waals surface area contributed by atoms with Crippen molar-refractivity contribution in [3.8, 4) is 0 Å². The molecule has 0 saturated heterocycles. The molecule has 0 bridgehead atoms. The molecule has 0 aliphatic carbocycles. The molecule has 0 fully saturated rings. The molecule has 1 N–H and O–H groups in total. The molecule has 1 heterocycles. The number of aryl methyl sites for hydroxylation is 2. The van der Waals surface area contributed by atoms with Gasteiger partial charge in [0, 0.05) is 23.5 Å². The minimum Gasteiger partial charge on any atom is -0.319 e. The van der Waals surface area contributed by atoms with Crippen molar-refractivity contribution in [2.24, 2.45) is 0 Å². The zero-order chi connectivity index (χ0) is 15.4. The van der Waals surface area contributed by atoms with E-state index in [1.54, 1.807) is 0 Å². The zero-order valence-electron chi connectivity index (χ0n) is 12.7. The van der Waals surface area contributed by atoms with Crippen LogP contribution in [-0.4, -0.2) is 23.4 Å². The van der Waals surface area contributed by atoms with E-state index in [0.717, 1.165) is 40.4 Å². The van der Waals surface area contributed by atoms with Gasteiger partial charge in [-0.05, 0) is 45.0 Å². The molecule has 0 saturated carbocycles. The number of nitrogens with zero attached hydrogens (tertiary/aromatic N) is 2. The molecule has 0 aliphatic heterocycles. The fourth-order valence-corrected chi connectivity index (χ4v) is 3.06. The Labute approximate surface area is 139 Å². The molecular formula is C16H21BrClN3. The first-order valence-electron chi connectivity index (χ1n) is 7.18. The van der Waals surface area contributed by atoms with Crippen LogP contribution in [0.15, 0.2) is 28.7 Å². The Morgan fingerprint density at radius 1 is 1.33 bits per heavy atom. The fraction of sp³-hybridized carbons (Fsp3) is 0.438. The number of hydrogen-bond acceptors (Lipinski definition) is 2. The van der Waals surface area contributed by atoms with E-state index in [-0.39, 0.29) is 0 Å². The van der Waals surface area contributed by atoms with Crippen molar-refractivity contribution in [1.29, 1.82) is 0 Å². The number of nitrogens with one attached hydrogen (secondary N) is 1. The monoisotopic (exact) mass is 369 g/mol. The van der Waals surface area contributed by atoms with Gasteiger partial charge in [-0.15, -0.1) is 0 Å². The van der Waals surface area contributed by atoms with Crippen molar-refractivity contribution < 1.29 is 0 Å². The van der Waals surface area contributed by atoms with Crippen molar-refractivity contribution >= 4 is 27.5 Å². The Hall–Kier alpha value is -0.840. The third-order valence-electron chi connectivity index (χ3n) is 3.68. The van der Waals surface area contributed by atoms with Gasteiger partial charge < -0.3 is 5.32 Å². The molecule has 2 aromatic rings. The number of rotatable bonds is 6. The lowest BCUT2D eigenvalue weighted by atomic mass is 9.94. The topological polar surface area (TPSA) is 29.9 Å². The number of hydrogen-bond donors (Lipinski definition) is 1. The molecule has 114 valence electrons. The van der Waals surface area contributed by atoms with E-state index in [2.05, 4.69) is 57.5 Å². The summed E-state index contributed by atoms with van der Waals surface area (Å²) < 4.78 is 3.11. The van der Waals surface area contributed by atoms with Gasteiger partial charge in [0.2, 0.25) is 0 Å². The van der Waals surface area contributed by atoms with Crippen LogP contribution in [0, 0.1) is 6.92 Å². The summed E-state index contributed by atoms with van der Waals surface area (Å²) in [5.74, 6) is 0.377. The molecule has 1 aromatic carbocycles. The highest BCUT2D eigenvalue weighted by atomic mass is 79.9. The maximum absolute atomic E-state index is 6.44. The first-order valence-corrected chi connectivity index (χ1v) is 8.35. The van der Waals surface area contributed by atoms with E-state index in [1.165, 1.54) is 5.56 Å². The summed E-state index contributed by atoms with van der Waals surface area (Å²) in [4.78, 5) is 0. The molecule has 2 rings (SSSR count). The Bertz CT molecular complexity index is 592. The van der Waals surface area contributed by atoms with Gasteiger partial charge in [-0.1, -0.05) is 39.7 Å². The van der Waals surface area contributed by atoms with Gasteiger partial charge in [0.15, 0.2) is 0 Å².